The van der Waals surface area contributed by atoms with Crippen LogP contribution in [-0.4, -0.2) is 36.7 Å². The lowest BCUT2D eigenvalue weighted by molar-refractivity contribution is 0.186. The molecule has 0 amide bonds. The third kappa shape index (κ3) is 3.77. The van der Waals surface area contributed by atoms with Crippen molar-refractivity contribution in [3.63, 3.8) is 0 Å². The molecule has 0 unspecified atom stereocenters. The number of hydrogen-bond donors (Lipinski definition) is 2. The van der Waals surface area contributed by atoms with Crippen molar-refractivity contribution < 1.29 is 0 Å². The standard InChI is InChI=1S/C10H23N3S/c1-13(8-14-2)10-5-3-9(4-6-10)7-12-11/h9-10,12H,3-8,11H2,1-2H3. The summed E-state index contributed by atoms with van der Waals surface area (Å²) in [5.74, 6) is 7.30. The molecular formula is C10H23N3S. The molecule has 4 heteroatoms. The van der Waals surface area contributed by atoms with Gasteiger partial charge in [0.1, 0.15) is 0 Å². The fourth-order valence-corrected chi connectivity index (χ4v) is 2.88. The summed E-state index contributed by atoms with van der Waals surface area (Å²) in [7, 11) is 2.24. The summed E-state index contributed by atoms with van der Waals surface area (Å²) in [6, 6.07) is 0.802. The zero-order valence-electron chi connectivity index (χ0n) is 9.33. The van der Waals surface area contributed by atoms with Crippen molar-refractivity contribution in [1.29, 1.82) is 0 Å². The fourth-order valence-electron chi connectivity index (χ4n) is 2.27. The average Bonchev–Trinajstić information content (AvgIpc) is 2.20. The van der Waals surface area contributed by atoms with Gasteiger partial charge in [-0.05, 0) is 44.9 Å². The Morgan fingerprint density at radius 2 is 2.00 bits per heavy atom. The molecule has 1 aliphatic carbocycles. The molecule has 1 saturated carbocycles. The van der Waals surface area contributed by atoms with Crippen LogP contribution in [0.4, 0.5) is 0 Å². The molecule has 3 N–H and O–H groups in total. The second-order valence-corrected chi connectivity index (χ2v) is 5.09. The maximum atomic E-state index is 5.34. The van der Waals surface area contributed by atoms with Crippen LogP contribution in [-0.2, 0) is 0 Å². The van der Waals surface area contributed by atoms with E-state index in [1.54, 1.807) is 0 Å². The van der Waals surface area contributed by atoms with Crippen LogP contribution >= 0.6 is 11.8 Å². The Balaban J connectivity index is 2.21. The Morgan fingerprint density at radius 3 is 2.50 bits per heavy atom. The first kappa shape index (κ1) is 12.3. The van der Waals surface area contributed by atoms with Crippen LogP contribution in [0.25, 0.3) is 0 Å². The first-order valence-electron chi connectivity index (χ1n) is 5.40. The van der Waals surface area contributed by atoms with E-state index in [-0.39, 0.29) is 0 Å². The van der Waals surface area contributed by atoms with Crippen LogP contribution in [0.3, 0.4) is 0 Å². The van der Waals surface area contributed by atoms with Crippen molar-refractivity contribution in [2.45, 2.75) is 31.7 Å². The summed E-state index contributed by atoms with van der Waals surface area (Å²) in [5.41, 5.74) is 2.79. The fraction of sp³-hybridized carbons (Fsp3) is 1.00. The minimum absolute atomic E-state index is 0.802. The summed E-state index contributed by atoms with van der Waals surface area (Å²) in [4.78, 5) is 2.48. The minimum Gasteiger partial charge on any atom is -0.294 e. The van der Waals surface area contributed by atoms with Crippen molar-refractivity contribution in [2.75, 3.05) is 25.7 Å². The predicted molar refractivity (Wildman–Crippen MR) is 64.1 cm³/mol. The Hall–Kier alpha value is 0.230. The van der Waals surface area contributed by atoms with Gasteiger partial charge < -0.3 is 0 Å². The second-order valence-electron chi connectivity index (χ2n) is 4.26. The average molecular weight is 217 g/mol. The van der Waals surface area contributed by atoms with Gasteiger partial charge in [0.05, 0.1) is 0 Å². The molecule has 0 atom stereocenters. The van der Waals surface area contributed by atoms with Crippen molar-refractivity contribution in [3.8, 4) is 0 Å². The summed E-state index contributed by atoms with van der Waals surface area (Å²) in [6.07, 6.45) is 7.49. The van der Waals surface area contributed by atoms with Crippen LogP contribution < -0.4 is 11.3 Å². The van der Waals surface area contributed by atoms with Crippen LogP contribution in [0.5, 0.6) is 0 Å². The number of nitrogens with zero attached hydrogens (tertiary/aromatic N) is 1. The van der Waals surface area contributed by atoms with Crippen LogP contribution in [0.15, 0.2) is 0 Å². The molecular weight excluding hydrogens is 194 g/mol. The largest absolute Gasteiger partial charge is 0.294 e. The zero-order valence-corrected chi connectivity index (χ0v) is 10.1. The molecule has 1 fully saturated rings. The van der Waals surface area contributed by atoms with Crippen LogP contribution in [0.1, 0.15) is 25.7 Å². The van der Waals surface area contributed by atoms with Gasteiger partial charge >= 0.3 is 0 Å². The van der Waals surface area contributed by atoms with Gasteiger partial charge in [-0.1, -0.05) is 0 Å². The Kier molecular flexibility index (Phi) is 5.86. The van der Waals surface area contributed by atoms with Gasteiger partial charge in [-0.2, -0.15) is 0 Å². The molecule has 0 saturated heterocycles. The first-order chi connectivity index (χ1) is 6.77. The van der Waals surface area contributed by atoms with E-state index in [4.69, 9.17) is 5.84 Å². The van der Waals surface area contributed by atoms with Gasteiger partial charge in [0, 0.05) is 18.5 Å². The quantitative estimate of drug-likeness (QED) is 0.413. The number of nitrogens with one attached hydrogen (secondary N) is 1. The van der Waals surface area contributed by atoms with Gasteiger partial charge in [0.15, 0.2) is 0 Å². The monoisotopic (exact) mass is 217 g/mol. The molecule has 0 bridgehead atoms. The van der Waals surface area contributed by atoms with E-state index in [1.807, 2.05) is 11.8 Å². The van der Waals surface area contributed by atoms with E-state index < -0.39 is 0 Å². The molecule has 0 aliphatic heterocycles. The number of hydrazine groups is 1. The Bertz CT molecular complexity index is 146. The Labute approximate surface area is 91.8 Å². The third-order valence-electron chi connectivity index (χ3n) is 3.18. The van der Waals surface area contributed by atoms with E-state index >= 15 is 0 Å². The van der Waals surface area contributed by atoms with Crippen LogP contribution in [0, 0.1) is 5.92 Å². The van der Waals surface area contributed by atoms with E-state index in [9.17, 15) is 0 Å². The van der Waals surface area contributed by atoms with Gasteiger partial charge in [-0.3, -0.25) is 16.2 Å². The van der Waals surface area contributed by atoms with Crippen molar-refractivity contribution in [1.82, 2.24) is 10.3 Å². The predicted octanol–water partition coefficient (Wildman–Crippen LogP) is 1.26. The minimum atomic E-state index is 0.802. The molecule has 0 radical (unpaired) electrons. The van der Waals surface area contributed by atoms with E-state index in [1.165, 1.54) is 25.7 Å². The highest BCUT2D eigenvalue weighted by Crippen LogP contribution is 2.26. The summed E-state index contributed by atoms with van der Waals surface area (Å²) < 4.78 is 0. The highest BCUT2D eigenvalue weighted by molar-refractivity contribution is 7.98. The summed E-state index contributed by atoms with van der Waals surface area (Å²) >= 11 is 1.91. The lowest BCUT2D eigenvalue weighted by Crippen LogP contribution is -2.38. The molecule has 0 aromatic carbocycles. The molecule has 0 aromatic heterocycles. The molecule has 0 heterocycles. The smallest absolute Gasteiger partial charge is 0.0441 e. The second kappa shape index (κ2) is 6.67. The molecule has 0 aromatic rings. The molecule has 0 spiro atoms. The van der Waals surface area contributed by atoms with E-state index in [2.05, 4.69) is 23.6 Å². The normalized spacial score (nSPS) is 28.3. The van der Waals surface area contributed by atoms with E-state index in [0.717, 1.165) is 24.4 Å². The first-order valence-corrected chi connectivity index (χ1v) is 6.80. The van der Waals surface area contributed by atoms with Crippen molar-refractivity contribution in [2.24, 2.45) is 11.8 Å². The Morgan fingerprint density at radius 1 is 1.36 bits per heavy atom. The van der Waals surface area contributed by atoms with E-state index in [0.29, 0.717) is 0 Å². The number of rotatable bonds is 5. The number of thioether (sulfide) groups is 1. The zero-order chi connectivity index (χ0) is 10.4. The highest BCUT2D eigenvalue weighted by atomic mass is 32.2. The topological polar surface area (TPSA) is 41.3 Å². The summed E-state index contributed by atoms with van der Waals surface area (Å²) in [6.45, 7) is 0.985. The van der Waals surface area contributed by atoms with Gasteiger partial charge in [0.25, 0.3) is 0 Å². The molecule has 3 nitrogen and oxygen atoms in total. The van der Waals surface area contributed by atoms with Gasteiger partial charge in [-0.25, -0.2) is 0 Å². The van der Waals surface area contributed by atoms with Crippen LogP contribution in [0.2, 0.25) is 0 Å². The van der Waals surface area contributed by atoms with Gasteiger partial charge in [-0.15, -0.1) is 11.8 Å². The lowest BCUT2D eigenvalue weighted by atomic mass is 9.86. The SMILES string of the molecule is CSCN(C)C1CCC(CNN)CC1. The maximum Gasteiger partial charge on any atom is 0.0441 e. The maximum absolute atomic E-state index is 5.34. The number of hydrogen-bond acceptors (Lipinski definition) is 4. The molecule has 1 aliphatic rings. The third-order valence-corrected chi connectivity index (χ3v) is 3.84. The highest BCUT2D eigenvalue weighted by Gasteiger charge is 2.23. The van der Waals surface area contributed by atoms with Gasteiger partial charge in [0.2, 0.25) is 0 Å². The lowest BCUT2D eigenvalue weighted by Gasteiger charge is -2.34. The summed E-state index contributed by atoms with van der Waals surface area (Å²) in [5, 5.41) is 0. The van der Waals surface area contributed by atoms with Crippen molar-refractivity contribution in [3.05, 3.63) is 0 Å². The molecule has 1 rings (SSSR count). The molecule has 14 heavy (non-hydrogen) atoms. The van der Waals surface area contributed by atoms with Crippen molar-refractivity contribution >= 4 is 11.8 Å². The molecule has 84 valence electrons. The number of nitrogens with two attached hydrogens (primary N) is 1.